The summed E-state index contributed by atoms with van der Waals surface area (Å²) in [4.78, 5) is 24.1. The molecule has 1 amide bonds. The summed E-state index contributed by atoms with van der Waals surface area (Å²) in [5, 5.41) is 12.7. The fourth-order valence-corrected chi connectivity index (χ4v) is 3.91. The molecular formula is C20H22ClNO3S2. The molecule has 0 aliphatic carbocycles. The van der Waals surface area contributed by atoms with Gasteiger partial charge in [-0.05, 0) is 29.7 Å². The van der Waals surface area contributed by atoms with Crippen LogP contribution in [0.3, 0.4) is 0 Å². The first-order valence-electron chi connectivity index (χ1n) is 8.49. The number of carbonyl (C=O) groups is 2. The van der Waals surface area contributed by atoms with Crippen LogP contribution in [0, 0.1) is 5.92 Å². The van der Waals surface area contributed by atoms with Gasteiger partial charge < -0.3 is 10.4 Å². The number of carboxylic acids is 1. The van der Waals surface area contributed by atoms with Crippen LogP contribution in [0.15, 0.2) is 54.6 Å². The summed E-state index contributed by atoms with van der Waals surface area (Å²) in [7, 11) is 0. The van der Waals surface area contributed by atoms with Gasteiger partial charge in [0.2, 0.25) is 5.91 Å². The van der Waals surface area contributed by atoms with E-state index in [1.54, 1.807) is 12.1 Å². The molecule has 2 rings (SSSR count). The standard InChI is InChI=1S/C20H22ClNO3S2/c21-17-8-6-14(7-9-17)10-16(11-26)19(23)22-18(20(24)25)13-27-12-15-4-2-1-3-5-15/h1-9,16,18,26H,10-13H2,(H,22,23)(H,24,25)/t16?,18-/m0/s1. The Morgan fingerprint density at radius 1 is 1.07 bits per heavy atom. The number of amides is 1. The van der Waals surface area contributed by atoms with Crippen molar-refractivity contribution in [3.8, 4) is 0 Å². The highest BCUT2D eigenvalue weighted by Gasteiger charge is 2.24. The van der Waals surface area contributed by atoms with Crippen LogP contribution in [-0.4, -0.2) is 34.5 Å². The summed E-state index contributed by atoms with van der Waals surface area (Å²) in [5.41, 5.74) is 2.08. The van der Waals surface area contributed by atoms with E-state index in [1.807, 2.05) is 42.5 Å². The lowest BCUT2D eigenvalue weighted by atomic mass is 10.00. The van der Waals surface area contributed by atoms with Gasteiger partial charge in [-0.15, -0.1) is 0 Å². The van der Waals surface area contributed by atoms with E-state index in [9.17, 15) is 14.7 Å². The first kappa shape index (κ1) is 21.7. The molecular weight excluding hydrogens is 402 g/mol. The van der Waals surface area contributed by atoms with E-state index in [0.717, 1.165) is 11.1 Å². The van der Waals surface area contributed by atoms with Gasteiger partial charge >= 0.3 is 5.97 Å². The maximum atomic E-state index is 12.5. The molecule has 2 aromatic carbocycles. The number of thiol groups is 1. The van der Waals surface area contributed by atoms with Gasteiger partial charge in [-0.1, -0.05) is 54.1 Å². The lowest BCUT2D eigenvalue weighted by molar-refractivity contribution is -0.141. The first-order valence-corrected chi connectivity index (χ1v) is 10.7. The van der Waals surface area contributed by atoms with Gasteiger partial charge in [0.15, 0.2) is 0 Å². The topological polar surface area (TPSA) is 66.4 Å². The third-order valence-corrected chi connectivity index (χ3v) is 5.80. The average Bonchev–Trinajstić information content (AvgIpc) is 2.67. The number of hydrogen-bond donors (Lipinski definition) is 3. The molecule has 0 spiro atoms. The van der Waals surface area contributed by atoms with Crippen molar-refractivity contribution in [3.63, 3.8) is 0 Å². The van der Waals surface area contributed by atoms with E-state index in [4.69, 9.17) is 11.6 Å². The van der Waals surface area contributed by atoms with E-state index >= 15 is 0 Å². The number of benzene rings is 2. The van der Waals surface area contributed by atoms with Gasteiger partial charge in [-0.2, -0.15) is 24.4 Å². The number of carboxylic acid groups (broad SMARTS) is 1. The van der Waals surface area contributed by atoms with Crippen LogP contribution in [0.5, 0.6) is 0 Å². The summed E-state index contributed by atoms with van der Waals surface area (Å²) in [6.07, 6.45) is 0.482. The number of carbonyl (C=O) groups excluding carboxylic acids is 1. The Morgan fingerprint density at radius 3 is 2.33 bits per heavy atom. The predicted molar refractivity (Wildman–Crippen MR) is 115 cm³/mol. The van der Waals surface area contributed by atoms with E-state index in [0.29, 0.717) is 28.7 Å². The molecule has 2 aromatic rings. The third-order valence-electron chi connectivity index (χ3n) is 4.00. The second-order valence-electron chi connectivity index (χ2n) is 6.11. The molecule has 27 heavy (non-hydrogen) atoms. The summed E-state index contributed by atoms with van der Waals surface area (Å²) in [6.45, 7) is 0. The largest absolute Gasteiger partial charge is 0.480 e. The molecule has 2 N–H and O–H groups in total. The molecule has 0 bridgehead atoms. The predicted octanol–water partition coefficient (Wildman–Crippen LogP) is 3.93. The highest BCUT2D eigenvalue weighted by Crippen LogP contribution is 2.16. The molecule has 1 unspecified atom stereocenters. The van der Waals surface area contributed by atoms with Crippen LogP contribution in [0.2, 0.25) is 5.02 Å². The van der Waals surface area contributed by atoms with Crippen molar-refractivity contribution in [2.45, 2.75) is 18.2 Å². The molecule has 0 aliphatic heterocycles. The monoisotopic (exact) mass is 423 g/mol. The Hall–Kier alpha value is -1.63. The molecule has 7 heteroatoms. The first-order chi connectivity index (χ1) is 13.0. The van der Waals surface area contributed by atoms with Crippen molar-refractivity contribution in [1.82, 2.24) is 5.32 Å². The van der Waals surface area contributed by atoms with Gasteiger partial charge in [-0.25, -0.2) is 4.79 Å². The van der Waals surface area contributed by atoms with Crippen molar-refractivity contribution in [3.05, 3.63) is 70.7 Å². The van der Waals surface area contributed by atoms with E-state index < -0.39 is 17.9 Å². The van der Waals surface area contributed by atoms with Crippen LogP contribution in [0.1, 0.15) is 11.1 Å². The molecule has 144 valence electrons. The Morgan fingerprint density at radius 2 is 1.74 bits per heavy atom. The Bertz CT molecular complexity index is 741. The second-order valence-corrected chi connectivity index (χ2v) is 7.94. The summed E-state index contributed by atoms with van der Waals surface area (Å²) < 4.78 is 0. The van der Waals surface area contributed by atoms with Crippen LogP contribution >= 0.6 is 36.0 Å². The number of nitrogens with one attached hydrogen (secondary N) is 1. The number of aliphatic carboxylic acids is 1. The minimum Gasteiger partial charge on any atom is -0.480 e. The van der Waals surface area contributed by atoms with Crippen molar-refractivity contribution in [1.29, 1.82) is 0 Å². The fraction of sp³-hybridized carbons (Fsp3) is 0.300. The molecule has 2 atom stereocenters. The van der Waals surface area contributed by atoms with Crippen LogP contribution in [0.25, 0.3) is 0 Å². The number of hydrogen-bond acceptors (Lipinski definition) is 4. The molecule has 0 saturated carbocycles. The lowest BCUT2D eigenvalue weighted by Gasteiger charge is -2.19. The average molecular weight is 424 g/mol. The van der Waals surface area contributed by atoms with E-state index in [1.165, 1.54) is 11.8 Å². The van der Waals surface area contributed by atoms with Crippen molar-refractivity contribution >= 4 is 47.9 Å². The van der Waals surface area contributed by atoms with Gasteiger partial charge in [0.25, 0.3) is 0 Å². The molecule has 0 saturated heterocycles. The van der Waals surface area contributed by atoms with E-state index in [2.05, 4.69) is 17.9 Å². The SMILES string of the molecule is O=C(N[C@@H](CSCc1ccccc1)C(=O)O)C(CS)Cc1ccc(Cl)cc1. The Kier molecular flexibility index (Phi) is 9.04. The van der Waals surface area contributed by atoms with Gasteiger partial charge in [0, 0.05) is 22.3 Å². The Balaban J connectivity index is 1.89. The van der Waals surface area contributed by atoms with Gasteiger partial charge in [0.1, 0.15) is 6.04 Å². The zero-order chi connectivity index (χ0) is 19.6. The molecule has 0 radical (unpaired) electrons. The van der Waals surface area contributed by atoms with Crippen molar-refractivity contribution in [2.75, 3.05) is 11.5 Å². The fourth-order valence-electron chi connectivity index (χ4n) is 2.48. The molecule has 0 aromatic heterocycles. The summed E-state index contributed by atoms with van der Waals surface area (Å²) in [5.74, 6) is -0.411. The maximum Gasteiger partial charge on any atom is 0.327 e. The zero-order valence-corrected chi connectivity index (χ0v) is 17.1. The molecule has 0 heterocycles. The summed E-state index contributed by atoms with van der Waals surface area (Å²) in [6, 6.07) is 16.1. The third kappa shape index (κ3) is 7.48. The smallest absolute Gasteiger partial charge is 0.327 e. The second kappa shape index (κ2) is 11.3. The van der Waals surface area contributed by atoms with Gasteiger partial charge in [-0.3, -0.25) is 4.79 Å². The lowest BCUT2D eigenvalue weighted by Crippen LogP contribution is -2.46. The van der Waals surface area contributed by atoms with Crippen molar-refractivity contribution in [2.24, 2.45) is 5.92 Å². The van der Waals surface area contributed by atoms with E-state index in [-0.39, 0.29) is 5.91 Å². The molecule has 0 aliphatic rings. The number of rotatable bonds is 10. The molecule has 4 nitrogen and oxygen atoms in total. The quantitative estimate of drug-likeness (QED) is 0.506. The number of thioether (sulfide) groups is 1. The zero-order valence-electron chi connectivity index (χ0n) is 14.7. The minimum absolute atomic E-state index is 0.298. The van der Waals surface area contributed by atoms with Crippen LogP contribution in [0.4, 0.5) is 0 Å². The Labute approximate surface area is 174 Å². The van der Waals surface area contributed by atoms with Gasteiger partial charge in [0.05, 0.1) is 5.92 Å². The summed E-state index contributed by atoms with van der Waals surface area (Å²) >= 11 is 11.6. The van der Waals surface area contributed by atoms with Crippen LogP contribution in [-0.2, 0) is 21.8 Å². The van der Waals surface area contributed by atoms with Crippen LogP contribution < -0.4 is 5.32 Å². The van der Waals surface area contributed by atoms with Crippen molar-refractivity contribution < 1.29 is 14.7 Å². The maximum absolute atomic E-state index is 12.5. The minimum atomic E-state index is -1.03. The number of halogens is 1. The molecule has 0 fully saturated rings. The highest BCUT2D eigenvalue weighted by atomic mass is 35.5. The highest BCUT2D eigenvalue weighted by molar-refractivity contribution is 7.98. The normalized spacial score (nSPS) is 13.0.